The molecule has 1 aromatic heterocycles. The summed E-state index contributed by atoms with van der Waals surface area (Å²) in [5, 5.41) is 23.4. The molecule has 3 N–H and O–H groups in total. The SMILES string of the molecule is CC1(C)C[C@](O)(C(F)(F)F)[C@@H](NC(=O)c2ccc3nccnc3c2)c2ccc(F)c(O)c21. The fraction of sp³-hybridized carbons (Fsp3) is 0.318. The van der Waals surface area contributed by atoms with Crippen molar-refractivity contribution in [1.82, 2.24) is 15.3 Å². The van der Waals surface area contributed by atoms with Crippen molar-refractivity contribution in [3.63, 3.8) is 0 Å². The molecular weight excluding hydrogens is 430 g/mol. The zero-order valence-electron chi connectivity index (χ0n) is 17.0. The zero-order chi connectivity index (χ0) is 23.5. The van der Waals surface area contributed by atoms with Gasteiger partial charge in [0, 0.05) is 23.5 Å². The Bertz CT molecular complexity index is 1230. The molecule has 0 fully saturated rings. The Labute approximate surface area is 179 Å². The Balaban J connectivity index is 1.83. The van der Waals surface area contributed by atoms with Crippen LogP contribution in [0.15, 0.2) is 42.7 Å². The van der Waals surface area contributed by atoms with Crippen LogP contribution in [-0.4, -0.2) is 37.9 Å². The van der Waals surface area contributed by atoms with E-state index in [1.807, 2.05) is 0 Å². The van der Waals surface area contributed by atoms with Crippen molar-refractivity contribution in [3.8, 4) is 5.75 Å². The first-order valence-electron chi connectivity index (χ1n) is 9.68. The lowest BCUT2D eigenvalue weighted by molar-refractivity contribution is -0.280. The molecule has 10 heteroatoms. The number of rotatable bonds is 2. The number of nitrogens with zero attached hydrogens (tertiary/aromatic N) is 2. The quantitative estimate of drug-likeness (QED) is 0.516. The number of aromatic nitrogens is 2. The number of benzene rings is 2. The van der Waals surface area contributed by atoms with E-state index in [0.29, 0.717) is 11.0 Å². The molecule has 0 spiro atoms. The van der Waals surface area contributed by atoms with Crippen LogP contribution in [0.25, 0.3) is 11.0 Å². The molecule has 6 nitrogen and oxygen atoms in total. The maximum absolute atomic E-state index is 14.1. The van der Waals surface area contributed by atoms with Crippen LogP contribution in [0.5, 0.6) is 5.75 Å². The molecule has 0 bridgehead atoms. The molecule has 0 saturated heterocycles. The number of amides is 1. The van der Waals surface area contributed by atoms with E-state index in [1.54, 1.807) is 0 Å². The molecule has 1 aliphatic rings. The van der Waals surface area contributed by atoms with Crippen molar-refractivity contribution in [2.24, 2.45) is 0 Å². The minimum absolute atomic E-state index is 0.000224. The summed E-state index contributed by atoms with van der Waals surface area (Å²) in [6, 6.07) is 4.08. The predicted octanol–water partition coefficient (Wildman–Crippen LogP) is 3.92. The minimum atomic E-state index is -5.13. The number of hydrogen-bond acceptors (Lipinski definition) is 5. The van der Waals surface area contributed by atoms with Gasteiger partial charge in [0.2, 0.25) is 0 Å². The highest BCUT2D eigenvalue weighted by Crippen LogP contribution is 2.55. The van der Waals surface area contributed by atoms with E-state index >= 15 is 0 Å². The third kappa shape index (κ3) is 3.35. The first kappa shape index (κ1) is 21.9. The van der Waals surface area contributed by atoms with Crippen molar-refractivity contribution in [1.29, 1.82) is 0 Å². The third-order valence-corrected chi connectivity index (χ3v) is 5.84. The monoisotopic (exact) mass is 449 g/mol. The van der Waals surface area contributed by atoms with Gasteiger partial charge in [-0.05, 0) is 41.7 Å². The summed E-state index contributed by atoms with van der Waals surface area (Å²) in [7, 11) is 0. The van der Waals surface area contributed by atoms with Crippen molar-refractivity contribution in [3.05, 3.63) is 65.2 Å². The van der Waals surface area contributed by atoms with E-state index in [4.69, 9.17) is 0 Å². The van der Waals surface area contributed by atoms with Gasteiger partial charge in [-0.3, -0.25) is 14.8 Å². The van der Waals surface area contributed by atoms with Gasteiger partial charge in [0.15, 0.2) is 17.2 Å². The largest absolute Gasteiger partial charge is 0.505 e. The standard InChI is InChI=1S/C22H19F4N3O3/c1-20(2)10-21(32,22(24,25)26)18(12-4-5-13(23)17(30)16(12)20)29-19(31)11-3-6-14-15(9-11)28-8-7-27-14/h3-9,18,30,32H,10H2,1-2H3,(H,29,31)/t18-,21+/m0/s1. The number of phenolic OH excluding ortho intramolecular Hbond substituents is 1. The highest BCUT2D eigenvalue weighted by Gasteiger charge is 2.64. The van der Waals surface area contributed by atoms with Gasteiger partial charge >= 0.3 is 6.18 Å². The smallest absolute Gasteiger partial charge is 0.419 e. The summed E-state index contributed by atoms with van der Waals surface area (Å²) in [4.78, 5) is 21.1. The second-order valence-electron chi connectivity index (χ2n) is 8.51. The van der Waals surface area contributed by atoms with Gasteiger partial charge in [0.1, 0.15) is 0 Å². The van der Waals surface area contributed by atoms with E-state index in [2.05, 4.69) is 15.3 Å². The number of nitrogens with one attached hydrogen (secondary N) is 1. The van der Waals surface area contributed by atoms with Crippen LogP contribution >= 0.6 is 0 Å². The second kappa shape index (κ2) is 7.13. The summed E-state index contributed by atoms with van der Waals surface area (Å²) in [5.41, 5.74) is -4.27. The normalized spacial score (nSPS) is 22.4. The fourth-order valence-corrected chi connectivity index (χ4v) is 4.43. The van der Waals surface area contributed by atoms with Gasteiger partial charge in [-0.1, -0.05) is 19.9 Å². The fourth-order valence-electron chi connectivity index (χ4n) is 4.43. The van der Waals surface area contributed by atoms with E-state index in [-0.39, 0.29) is 16.7 Å². The number of alkyl halides is 3. The molecule has 3 aromatic rings. The predicted molar refractivity (Wildman–Crippen MR) is 106 cm³/mol. The van der Waals surface area contributed by atoms with Gasteiger partial charge in [0.25, 0.3) is 5.91 Å². The number of aromatic hydroxyl groups is 1. The summed E-state index contributed by atoms with van der Waals surface area (Å²) in [6.45, 7) is 2.73. The number of aliphatic hydroxyl groups is 1. The number of hydrogen-bond donors (Lipinski definition) is 3. The van der Waals surface area contributed by atoms with Crippen LogP contribution in [-0.2, 0) is 5.41 Å². The molecule has 0 saturated carbocycles. The van der Waals surface area contributed by atoms with Crippen LogP contribution in [0.4, 0.5) is 17.6 Å². The van der Waals surface area contributed by atoms with Crippen LogP contribution < -0.4 is 5.32 Å². The van der Waals surface area contributed by atoms with Crippen molar-refractivity contribution in [2.75, 3.05) is 0 Å². The molecular formula is C22H19F4N3O3. The number of phenols is 1. The molecule has 1 amide bonds. The molecule has 32 heavy (non-hydrogen) atoms. The lowest BCUT2D eigenvalue weighted by atomic mass is 9.63. The van der Waals surface area contributed by atoms with Crippen molar-refractivity contribution < 1.29 is 32.6 Å². The Morgan fingerprint density at radius 3 is 2.44 bits per heavy atom. The van der Waals surface area contributed by atoms with E-state index < -0.39 is 47.1 Å². The Morgan fingerprint density at radius 1 is 1.12 bits per heavy atom. The first-order valence-corrected chi connectivity index (χ1v) is 9.68. The molecule has 0 aliphatic heterocycles. The van der Waals surface area contributed by atoms with Gasteiger partial charge in [-0.25, -0.2) is 4.39 Å². The topological polar surface area (TPSA) is 95.3 Å². The number of carbonyl (C=O) groups excluding carboxylic acids is 1. The first-order chi connectivity index (χ1) is 14.8. The van der Waals surface area contributed by atoms with Crippen LogP contribution in [0.3, 0.4) is 0 Å². The molecule has 168 valence electrons. The zero-order valence-corrected chi connectivity index (χ0v) is 17.0. The van der Waals surface area contributed by atoms with Crippen molar-refractivity contribution >= 4 is 16.9 Å². The average molecular weight is 449 g/mol. The Morgan fingerprint density at radius 2 is 1.78 bits per heavy atom. The number of fused-ring (bicyclic) bond motifs is 2. The van der Waals surface area contributed by atoms with Crippen LogP contribution in [0.2, 0.25) is 0 Å². The average Bonchev–Trinajstić information content (AvgIpc) is 2.71. The maximum Gasteiger partial charge on any atom is 0.419 e. The van der Waals surface area contributed by atoms with E-state index in [9.17, 15) is 32.6 Å². The molecule has 0 unspecified atom stereocenters. The van der Waals surface area contributed by atoms with Gasteiger partial charge in [-0.15, -0.1) is 0 Å². The Hall–Kier alpha value is -3.27. The summed E-state index contributed by atoms with van der Waals surface area (Å²) in [5.74, 6) is -2.72. The maximum atomic E-state index is 14.1. The second-order valence-corrected chi connectivity index (χ2v) is 8.51. The van der Waals surface area contributed by atoms with Gasteiger partial charge < -0.3 is 15.5 Å². The molecule has 2 atom stereocenters. The lowest BCUT2D eigenvalue weighted by Gasteiger charge is -2.48. The summed E-state index contributed by atoms with van der Waals surface area (Å²) < 4.78 is 56.3. The van der Waals surface area contributed by atoms with Gasteiger partial charge in [0.05, 0.1) is 17.1 Å². The molecule has 0 radical (unpaired) electrons. The van der Waals surface area contributed by atoms with Crippen LogP contribution in [0.1, 0.15) is 47.8 Å². The number of halogens is 4. The lowest BCUT2D eigenvalue weighted by Crippen LogP contribution is -2.60. The summed E-state index contributed by atoms with van der Waals surface area (Å²) >= 11 is 0. The Kier molecular flexibility index (Phi) is 4.89. The van der Waals surface area contributed by atoms with E-state index in [1.165, 1.54) is 44.4 Å². The van der Waals surface area contributed by atoms with Crippen LogP contribution in [0, 0.1) is 5.82 Å². The number of carbonyl (C=O) groups is 1. The third-order valence-electron chi connectivity index (χ3n) is 5.84. The summed E-state index contributed by atoms with van der Waals surface area (Å²) in [6.07, 6.45) is -3.17. The minimum Gasteiger partial charge on any atom is -0.505 e. The molecule has 4 rings (SSSR count). The van der Waals surface area contributed by atoms with E-state index in [0.717, 1.165) is 12.1 Å². The van der Waals surface area contributed by atoms with Gasteiger partial charge in [-0.2, -0.15) is 13.2 Å². The molecule has 2 aromatic carbocycles. The molecule has 1 aliphatic carbocycles. The molecule has 1 heterocycles. The highest BCUT2D eigenvalue weighted by atomic mass is 19.4. The highest BCUT2D eigenvalue weighted by molar-refractivity contribution is 5.97. The van der Waals surface area contributed by atoms with Crippen molar-refractivity contribution in [2.45, 2.75) is 43.5 Å².